The van der Waals surface area contributed by atoms with Gasteiger partial charge in [0.05, 0.1) is 4.47 Å². The summed E-state index contributed by atoms with van der Waals surface area (Å²) in [6.45, 7) is 4.05. The van der Waals surface area contributed by atoms with Crippen LogP contribution in [-0.4, -0.2) is 29.1 Å². The Hall–Kier alpha value is -0.840. The van der Waals surface area contributed by atoms with E-state index in [2.05, 4.69) is 38.1 Å². The molecule has 1 aromatic rings. The van der Waals surface area contributed by atoms with Crippen LogP contribution in [0.5, 0.6) is 0 Å². The summed E-state index contributed by atoms with van der Waals surface area (Å²) in [6.07, 6.45) is 8.63. The highest BCUT2D eigenvalue weighted by atomic mass is 79.9. The highest BCUT2D eigenvalue weighted by molar-refractivity contribution is 9.10. The minimum Gasteiger partial charge on any atom is -0.354 e. The molecule has 3 rings (SSSR count). The average molecular weight is 325 g/mol. The summed E-state index contributed by atoms with van der Waals surface area (Å²) in [6, 6.07) is 0.689. The lowest BCUT2D eigenvalue weighted by Crippen LogP contribution is -2.43. The molecule has 4 nitrogen and oxygen atoms in total. The standard InChI is InChI=1S/C14H21BrN4/c1-2-16-14-17-9-11(15)13(18-14)19-8-4-6-10-5-3-7-12(10)19/h9-10,12H,2-8H2,1H3,(H,16,17,18). The van der Waals surface area contributed by atoms with Crippen LogP contribution in [0.1, 0.15) is 39.0 Å². The molecule has 0 spiro atoms. The smallest absolute Gasteiger partial charge is 0.224 e. The van der Waals surface area contributed by atoms with E-state index in [1.54, 1.807) is 0 Å². The molecular weight excluding hydrogens is 304 g/mol. The topological polar surface area (TPSA) is 41.1 Å². The third-order valence-corrected chi connectivity index (χ3v) is 4.89. The fraction of sp³-hybridized carbons (Fsp3) is 0.714. The van der Waals surface area contributed by atoms with Gasteiger partial charge in [0.25, 0.3) is 0 Å². The van der Waals surface area contributed by atoms with E-state index >= 15 is 0 Å². The van der Waals surface area contributed by atoms with E-state index in [0.29, 0.717) is 6.04 Å². The molecule has 1 aliphatic carbocycles. The molecule has 2 aliphatic rings. The van der Waals surface area contributed by atoms with Gasteiger partial charge < -0.3 is 10.2 Å². The molecule has 2 atom stereocenters. The van der Waals surface area contributed by atoms with Gasteiger partial charge >= 0.3 is 0 Å². The number of nitrogens with one attached hydrogen (secondary N) is 1. The van der Waals surface area contributed by atoms with Crippen molar-refractivity contribution in [3.63, 3.8) is 0 Å². The normalized spacial score (nSPS) is 26.3. The van der Waals surface area contributed by atoms with Crippen LogP contribution in [-0.2, 0) is 0 Å². The lowest BCUT2D eigenvalue weighted by molar-refractivity contribution is 0.360. The summed E-state index contributed by atoms with van der Waals surface area (Å²) in [5.74, 6) is 2.68. The number of hydrogen-bond donors (Lipinski definition) is 1. The van der Waals surface area contributed by atoms with Crippen LogP contribution < -0.4 is 10.2 Å². The molecule has 0 amide bonds. The minimum absolute atomic E-state index is 0.689. The van der Waals surface area contributed by atoms with Crippen LogP contribution in [0.3, 0.4) is 0 Å². The largest absolute Gasteiger partial charge is 0.354 e. The third kappa shape index (κ3) is 2.57. The van der Waals surface area contributed by atoms with Gasteiger partial charge in [-0.25, -0.2) is 4.98 Å². The Morgan fingerprint density at radius 1 is 1.37 bits per heavy atom. The van der Waals surface area contributed by atoms with Crippen molar-refractivity contribution < 1.29 is 0 Å². The van der Waals surface area contributed by atoms with Gasteiger partial charge in [0.1, 0.15) is 5.82 Å². The van der Waals surface area contributed by atoms with Crippen LogP contribution in [0.4, 0.5) is 11.8 Å². The zero-order valence-electron chi connectivity index (χ0n) is 11.4. The molecule has 0 radical (unpaired) electrons. The Balaban J connectivity index is 1.89. The van der Waals surface area contributed by atoms with Crippen molar-refractivity contribution in [3.05, 3.63) is 10.7 Å². The van der Waals surface area contributed by atoms with Crippen molar-refractivity contribution in [2.75, 3.05) is 23.3 Å². The van der Waals surface area contributed by atoms with Crippen molar-refractivity contribution in [3.8, 4) is 0 Å². The predicted molar refractivity (Wildman–Crippen MR) is 81.6 cm³/mol. The van der Waals surface area contributed by atoms with E-state index in [1.165, 1.54) is 32.1 Å². The molecule has 1 aromatic heterocycles. The van der Waals surface area contributed by atoms with Crippen molar-refractivity contribution in [1.82, 2.24) is 9.97 Å². The van der Waals surface area contributed by atoms with Gasteiger partial charge in [-0.15, -0.1) is 0 Å². The first-order chi connectivity index (χ1) is 9.29. The van der Waals surface area contributed by atoms with E-state index in [4.69, 9.17) is 4.98 Å². The fourth-order valence-electron chi connectivity index (χ4n) is 3.52. The molecule has 1 saturated carbocycles. The number of hydrogen-bond acceptors (Lipinski definition) is 4. The second-order valence-electron chi connectivity index (χ2n) is 5.49. The van der Waals surface area contributed by atoms with Crippen LogP contribution in [0.25, 0.3) is 0 Å². The van der Waals surface area contributed by atoms with Gasteiger partial charge in [-0.3, -0.25) is 0 Å². The molecule has 1 saturated heterocycles. The highest BCUT2D eigenvalue weighted by Gasteiger charge is 2.36. The molecule has 0 bridgehead atoms. The summed E-state index contributed by atoms with van der Waals surface area (Å²) in [4.78, 5) is 11.5. The highest BCUT2D eigenvalue weighted by Crippen LogP contribution is 2.40. The quantitative estimate of drug-likeness (QED) is 0.924. The molecular formula is C14H21BrN4. The van der Waals surface area contributed by atoms with Gasteiger partial charge in [-0.2, -0.15) is 4.98 Å². The number of anilines is 2. The van der Waals surface area contributed by atoms with Gasteiger partial charge in [0.15, 0.2) is 0 Å². The molecule has 2 fully saturated rings. The first kappa shape index (κ1) is 13.2. The summed E-state index contributed by atoms with van der Waals surface area (Å²) >= 11 is 3.62. The maximum atomic E-state index is 4.70. The van der Waals surface area contributed by atoms with Crippen molar-refractivity contribution in [2.45, 2.75) is 45.1 Å². The number of halogens is 1. The van der Waals surface area contributed by atoms with Crippen LogP contribution in [0.15, 0.2) is 10.7 Å². The SMILES string of the molecule is CCNc1ncc(Br)c(N2CCCC3CCCC32)n1. The molecule has 2 heterocycles. The zero-order chi connectivity index (χ0) is 13.2. The van der Waals surface area contributed by atoms with Crippen LogP contribution >= 0.6 is 15.9 Å². The van der Waals surface area contributed by atoms with Crippen molar-refractivity contribution >= 4 is 27.7 Å². The maximum absolute atomic E-state index is 4.70. The summed E-state index contributed by atoms with van der Waals surface area (Å²) in [5.41, 5.74) is 0. The lowest BCUT2D eigenvalue weighted by Gasteiger charge is -2.39. The van der Waals surface area contributed by atoms with E-state index in [0.717, 1.165) is 35.2 Å². The molecule has 2 unspecified atom stereocenters. The number of piperidine rings is 1. The first-order valence-corrected chi connectivity index (χ1v) is 8.12. The number of nitrogens with zero attached hydrogens (tertiary/aromatic N) is 3. The summed E-state index contributed by atoms with van der Waals surface area (Å²) in [5, 5.41) is 3.20. The van der Waals surface area contributed by atoms with E-state index in [-0.39, 0.29) is 0 Å². The van der Waals surface area contributed by atoms with Crippen molar-refractivity contribution in [2.24, 2.45) is 5.92 Å². The van der Waals surface area contributed by atoms with Gasteiger partial charge in [-0.05, 0) is 54.5 Å². The van der Waals surface area contributed by atoms with E-state index in [1.807, 2.05) is 6.20 Å². The van der Waals surface area contributed by atoms with Crippen molar-refractivity contribution in [1.29, 1.82) is 0 Å². The van der Waals surface area contributed by atoms with Crippen LogP contribution in [0, 0.1) is 5.92 Å². The fourth-order valence-corrected chi connectivity index (χ4v) is 3.94. The molecule has 1 N–H and O–H groups in total. The minimum atomic E-state index is 0.689. The van der Waals surface area contributed by atoms with Gasteiger partial charge in [-0.1, -0.05) is 6.42 Å². The monoisotopic (exact) mass is 324 g/mol. The number of fused-ring (bicyclic) bond motifs is 1. The average Bonchev–Trinajstić information content (AvgIpc) is 2.89. The Morgan fingerprint density at radius 2 is 2.21 bits per heavy atom. The Bertz CT molecular complexity index is 451. The molecule has 0 aromatic carbocycles. The van der Waals surface area contributed by atoms with E-state index in [9.17, 15) is 0 Å². The Labute approximate surface area is 123 Å². The Kier molecular flexibility index (Phi) is 3.91. The van der Waals surface area contributed by atoms with Crippen LogP contribution in [0.2, 0.25) is 0 Å². The van der Waals surface area contributed by atoms with Gasteiger partial charge in [0.2, 0.25) is 5.95 Å². The van der Waals surface area contributed by atoms with E-state index < -0.39 is 0 Å². The maximum Gasteiger partial charge on any atom is 0.224 e. The molecule has 19 heavy (non-hydrogen) atoms. The molecule has 1 aliphatic heterocycles. The van der Waals surface area contributed by atoms with Gasteiger partial charge in [0, 0.05) is 25.3 Å². The Morgan fingerprint density at radius 3 is 3.05 bits per heavy atom. The zero-order valence-corrected chi connectivity index (χ0v) is 13.0. The summed E-state index contributed by atoms with van der Waals surface area (Å²) in [7, 11) is 0. The first-order valence-electron chi connectivity index (χ1n) is 7.32. The second-order valence-corrected chi connectivity index (χ2v) is 6.34. The number of rotatable bonds is 3. The lowest BCUT2D eigenvalue weighted by atomic mass is 9.92. The molecule has 104 valence electrons. The second kappa shape index (κ2) is 5.65. The number of aromatic nitrogens is 2. The third-order valence-electron chi connectivity index (χ3n) is 4.33. The predicted octanol–water partition coefficient (Wildman–Crippen LogP) is 3.44. The summed E-state index contributed by atoms with van der Waals surface area (Å²) < 4.78 is 1.02. The molecule has 5 heteroatoms.